The van der Waals surface area contributed by atoms with Gasteiger partial charge in [-0.05, 0) is 50.1 Å². The van der Waals surface area contributed by atoms with Crippen molar-refractivity contribution in [3.8, 4) is 5.75 Å². The minimum Gasteiger partial charge on any atom is -0.494 e. The summed E-state index contributed by atoms with van der Waals surface area (Å²) in [6, 6.07) is 18.6. The van der Waals surface area contributed by atoms with E-state index in [1.165, 1.54) is 17.5 Å². The van der Waals surface area contributed by atoms with Gasteiger partial charge in [0.2, 0.25) is 5.91 Å². The molecule has 0 atom stereocenters. The third kappa shape index (κ3) is 5.10. The maximum atomic E-state index is 12.4. The van der Waals surface area contributed by atoms with Gasteiger partial charge < -0.3 is 10.1 Å². The molecule has 27 heavy (non-hydrogen) atoms. The average Bonchev–Trinajstić information content (AvgIpc) is 2.63. The van der Waals surface area contributed by atoms with E-state index in [1.54, 1.807) is 0 Å². The van der Waals surface area contributed by atoms with Crippen LogP contribution in [0.3, 0.4) is 0 Å². The first-order valence-corrected chi connectivity index (χ1v) is 9.84. The first-order chi connectivity index (χ1) is 13.1. The summed E-state index contributed by atoms with van der Waals surface area (Å²) in [4.78, 5) is 14.5. The number of ether oxygens (including phenoxy) is 1. The molecule has 1 amide bonds. The second-order valence-corrected chi connectivity index (χ2v) is 7.53. The molecule has 0 heterocycles. The highest BCUT2D eigenvalue weighted by atomic mass is 16.5. The molecular weight excluding hydrogens is 336 g/mol. The van der Waals surface area contributed by atoms with Crippen molar-refractivity contribution in [3.63, 3.8) is 0 Å². The van der Waals surface area contributed by atoms with Crippen LogP contribution in [0.1, 0.15) is 37.3 Å². The van der Waals surface area contributed by atoms with E-state index in [-0.39, 0.29) is 11.3 Å². The smallest absolute Gasteiger partial charge is 0.234 e. The number of rotatable bonds is 9. The van der Waals surface area contributed by atoms with Gasteiger partial charge in [0.1, 0.15) is 5.75 Å². The molecule has 0 spiro atoms. The van der Waals surface area contributed by atoms with Crippen LogP contribution in [0.15, 0.2) is 54.6 Å². The minimum absolute atomic E-state index is 0.0886. The van der Waals surface area contributed by atoms with Gasteiger partial charge in [-0.25, -0.2) is 0 Å². The van der Waals surface area contributed by atoms with E-state index in [4.69, 9.17) is 4.74 Å². The van der Waals surface area contributed by atoms with Crippen LogP contribution in [0.5, 0.6) is 5.75 Å². The molecule has 0 bridgehead atoms. The van der Waals surface area contributed by atoms with E-state index in [0.29, 0.717) is 13.2 Å². The van der Waals surface area contributed by atoms with Crippen molar-refractivity contribution >= 4 is 5.91 Å². The van der Waals surface area contributed by atoms with Crippen LogP contribution < -0.4 is 10.1 Å². The Hall–Kier alpha value is -2.33. The van der Waals surface area contributed by atoms with E-state index >= 15 is 0 Å². The Morgan fingerprint density at radius 2 is 1.81 bits per heavy atom. The van der Waals surface area contributed by atoms with Crippen LogP contribution in [0.25, 0.3) is 0 Å². The SMILES string of the molecule is CCOc1ccc(CN(C)CC(=O)NCC2(c3ccccc3)CCC2)cc1. The van der Waals surface area contributed by atoms with E-state index in [2.05, 4.69) is 41.7 Å². The lowest BCUT2D eigenvalue weighted by Crippen LogP contribution is -2.47. The molecule has 3 rings (SSSR count). The predicted molar refractivity (Wildman–Crippen MR) is 109 cm³/mol. The highest BCUT2D eigenvalue weighted by Gasteiger charge is 2.38. The Labute approximate surface area is 162 Å². The normalized spacial score (nSPS) is 15.2. The highest BCUT2D eigenvalue weighted by molar-refractivity contribution is 5.78. The van der Waals surface area contributed by atoms with Crippen LogP contribution >= 0.6 is 0 Å². The van der Waals surface area contributed by atoms with E-state index < -0.39 is 0 Å². The topological polar surface area (TPSA) is 41.6 Å². The van der Waals surface area contributed by atoms with E-state index in [1.807, 2.05) is 37.1 Å². The number of nitrogens with one attached hydrogen (secondary N) is 1. The van der Waals surface area contributed by atoms with Gasteiger partial charge in [0.25, 0.3) is 0 Å². The number of nitrogens with zero attached hydrogens (tertiary/aromatic N) is 1. The summed E-state index contributed by atoms with van der Waals surface area (Å²) in [6.07, 6.45) is 3.54. The summed E-state index contributed by atoms with van der Waals surface area (Å²) >= 11 is 0. The predicted octanol–water partition coefficient (Wildman–Crippen LogP) is 3.76. The van der Waals surface area contributed by atoms with Crippen molar-refractivity contribution in [3.05, 3.63) is 65.7 Å². The lowest BCUT2D eigenvalue weighted by molar-refractivity contribution is -0.122. The van der Waals surface area contributed by atoms with Crippen LogP contribution in [-0.4, -0.2) is 37.6 Å². The molecule has 1 aliphatic carbocycles. The zero-order valence-electron chi connectivity index (χ0n) is 16.4. The van der Waals surface area contributed by atoms with E-state index in [9.17, 15) is 4.79 Å². The van der Waals surface area contributed by atoms with Gasteiger partial charge in [-0.2, -0.15) is 0 Å². The van der Waals surface area contributed by atoms with Crippen molar-refractivity contribution in [1.29, 1.82) is 0 Å². The third-order valence-corrected chi connectivity index (χ3v) is 5.42. The third-order valence-electron chi connectivity index (χ3n) is 5.42. The van der Waals surface area contributed by atoms with E-state index in [0.717, 1.165) is 31.7 Å². The van der Waals surface area contributed by atoms with Crippen LogP contribution in [0, 0.1) is 0 Å². The summed E-state index contributed by atoms with van der Waals surface area (Å²) in [5, 5.41) is 3.17. The second-order valence-electron chi connectivity index (χ2n) is 7.53. The minimum atomic E-state index is 0.0886. The fraction of sp³-hybridized carbons (Fsp3) is 0.435. The zero-order valence-corrected chi connectivity index (χ0v) is 16.4. The summed E-state index contributed by atoms with van der Waals surface area (Å²) < 4.78 is 5.47. The molecule has 1 saturated carbocycles. The van der Waals surface area contributed by atoms with Crippen molar-refractivity contribution in [1.82, 2.24) is 10.2 Å². The quantitative estimate of drug-likeness (QED) is 0.735. The number of hydrogen-bond acceptors (Lipinski definition) is 3. The van der Waals surface area contributed by atoms with Crippen molar-refractivity contribution in [2.75, 3.05) is 26.7 Å². The van der Waals surface area contributed by atoms with Gasteiger partial charge in [0, 0.05) is 18.5 Å². The van der Waals surface area contributed by atoms with Crippen molar-refractivity contribution in [2.24, 2.45) is 0 Å². The van der Waals surface area contributed by atoms with Crippen LogP contribution in [-0.2, 0) is 16.8 Å². The average molecular weight is 367 g/mol. The first kappa shape index (κ1) is 19.4. The molecule has 4 nitrogen and oxygen atoms in total. The van der Waals surface area contributed by atoms with Gasteiger partial charge in [-0.3, -0.25) is 9.69 Å². The summed E-state index contributed by atoms with van der Waals surface area (Å²) in [5.41, 5.74) is 2.65. The molecule has 0 aliphatic heterocycles. The maximum absolute atomic E-state index is 12.4. The largest absolute Gasteiger partial charge is 0.494 e. The molecule has 0 unspecified atom stereocenters. The molecule has 1 fully saturated rings. The lowest BCUT2D eigenvalue weighted by atomic mass is 9.64. The number of carbonyl (C=O) groups is 1. The fourth-order valence-corrected chi connectivity index (χ4v) is 3.76. The Kier molecular flexibility index (Phi) is 6.51. The maximum Gasteiger partial charge on any atom is 0.234 e. The molecule has 0 aromatic heterocycles. The first-order valence-electron chi connectivity index (χ1n) is 9.84. The van der Waals surface area contributed by atoms with Gasteiger partial charge in [-0.1, -0.05) is 48.9 Å². The lowest BCUT2D eigenvalue weighted by Gasteiger charge is -2.42. The Balaban J connectivity index is 1.47. The molecule has 144 valence electrons. The monoisotopic (exact) mass is 366 g/mol. The van der Waals surface area contributed by atoms with Gasteiger partial charge in [0.05, 0.1) is 13.2 Å². The number of hydrogen-bond donors (Lipinski definition) is 1. The Morgan fingerprint density at radius 1 is 1.11 bits per heavy atom. The standard InChI is InChI=1S/C23H30N2O2/c1-3-27-21-12-10-19(11-13-21)16-25(2)17-22(26)24-18-23(14-7-15-23)20-8-5-4-6-9-20/h4-6,8-13H,3,7,14-18H2,1-2H3,(H,24,26). The number of carbonyl (C=O) groups excluding carboxylic acids is 1. The second kappa shape index (κ2) is 9.05. The number of amides is 1. The molecule has 0 saturated heterocycles. The van der Waals surface area contributed by atoms with Crippen molar-refractivity contribution < 1.29 is 9.53 Å². The molecule has 2 aromatic rings. The summed E-state index contributed by atoms with van der Waals surface area (Å²) in [6.45, 7) is 4.52. The molecule has 1 aliphatic rings. The van der Waals surface area contributed by atoms with Gasteiger partial charge in [-0.15, -0.1) is 0 Å². The molecule has 1 N–H and O–H groups in total. The van der Waals surface area contributed by atoms with Gasteiger partial charge in [0.15, 0.2) is 0 Å². The molecular formula is C23H30N2O2. The highest BCUT2D eigenvalue weighted by Crippen LogP contribution is 2.43. The van der Waals surface area contributed by atoms with Gasteiger partial charge >= 0.3 is 0 Å². The molecule has 4 heteroatoms. The fourth-order valence-electron chi connectivity index (χ4n) is 3.76. The Morgan fingerprint density at radius 3 is 2.41 bits per heavy atom. The Bertz CT molecular complexity index is 724. The number of likely N-dealkylation sites (N-methyl/N-ethyl adjacent to an activating group) is 1. The van der Waals surface area contributed by atoms with Crippen LogP contribution in [0.4, 0.5) is 0 Å². The van der Waals surface area contributed by atoms with Crippen molar-refractivity contribution in [2.45, 2.75) is 38.1 Å². The molecule has 2 aromatic carbocycles. The van der Waals surface area contributed by atoms with Crippen LogP contribution in [0.2, 0.25) is 0 Å². The summed E-state index contributed by atoms with van der Waals surface area (Å²) in [5.74, 6) is 0.971. The zero-order chi connectivity index (χ0) is 19.1. The summed E-state index contributed by atoms with van der Waals surface area (Å²) in [7, 11) is 1.98. The number of benzene rings is 2. The molecule has 0 radical (unpaired) electrons.